The van der Waals surface area contributed by atoms with E-state index < -0.39 is 51.9 Å². The molecule has 2 fully saturated rings. The summed E-state index contributed by atoms with van der Waals surface area (Å²) in [4.78, 5) is 48.9. The predicted molar refractivity (Wildman–Crippen MR) is 90.4 cm³/mol. The number of nitrogens with one attached hydrogen (secondary N) is 1. The van der Waals surface area contributed by atoms with Crippen molar-refractivity contribution in [3.8, 4) is 0 Å². The van der Waals surface area contributed by atoms with Crippen LogP contribution < -0.4 is 5.32 Å². The Labute approximate surface area is 151 Å². The standard InChI is InChI=1S/C15H16N2O6S2/c1-15(2)9(14(22)23)17-11(19)8(12(17)25-15)16-10(18)7(13(20)21)6-3-4-24-5-6/h3-5,7-9,12H,1-2H3,(H,16,18)(H,20,21)(H,22,23)/t7-,8+,9+,12+/m0/s1. The second-order valence-electron chi connectivity index (χ2n) is 6.41. The molecule has 1 aromatic rings. The van der Waals surface area contributed by atoms with Crippen LogP contribution in [0.1, 0.15) is 25.3 Å². The molecule has 2 amide bonds. The van der Waals surface area contributed by atoms with Gasteiger partial charge in [-0.2, -0.15) is 11.3 Å². The average molecular weight is 384 g/mol. The predicted octanol–water partition coefficient (Wildman–Crippen LogP) is 0.548. The number of hydrogen-bond donors (Lipinski definition) is 3. The number of rotatable bonds is 5. The van der Waals surface area contributed by atoms with Gasteiger partial charge in [0.05, 0.1) is 0 Å². The Morgan fingerprint density at radius 2 is 2.00 bits per heavy atom. The van der Waals surface area contributed by atoms with E-state index in [1.54, 1.807) is 30.7 Å². The quantitative estimate of drug-likeness (QED) is 0.500. The topological polar surface area (TPSA) is 124 Å². The fourth-order valence-corrected chi connectivity index (χ4v) is 5.54. The molecule has 0 saturated carbocycles. The minimum absolute atomic E-state index is 0.349. The first-order valence-electron chi connectivity index (χ1n) is 7.43. The molecule has 0 aliphatic carbocycles. The highest BCUT2D eigenvalue weighted by atomic mass is 32.2. The van der Waals surface area contributed by atoms with E-state index in [0.717, 1.165) is 0 Å². The van der Waals surface area contributed by atoms with Crippen molar-refractivity contribution in [3.05, 3.63) is 22.4 Å². The van der Waals surface area contributed by atoms with Crippen molar-refractivity contribution in [1.29, 1.82) is 0 Å². The number of thioether (sulfide) groups is 1. The highest BCUT2D eigenvalue weighted by Gasteiger charge is 2.64. The molecule has 10 heteroatoms. The zero-order chi connectivity index (χ0) is 18.5. The molecule has 2 aliphatic rings. The Kier molecular flexibility index (Phi) is 4.28. The molecule has 134 valence electrons. The summed E-state index contributed by atoms with van der Waals surface area (Å²) in [7, 11) is 0. The van der Waals surface area contributed by atoms with E-state index >= 15 is 0 Å². The number of aliphatic carboxylic acids is 2. The maximum absolute atomic E-state index is 12.4. The minimum Gasteiger partial charge on any atom is -0.480 e. The Morgan fingerprint density at radius 3 is 2.52 bits per heavy atom. The average Bonchev–Trinajstić information content (AvgIpc) is 3.09. The van der Waals surface area contributed by atoms with E-state index in [0.29, 0.717) is 5.56 Å². The van der Waals surface area contributed by atoms with Crippen LogP contribution in [0.15, 0.2) is 16.8 Å². The van der Waals surface area contributed by atoms with E-state index in [-0.39, 0.29) is 0 Å². The van der Waals surface area contributed by atoms with Crippen molar-refractivity contribution in [2.75, 3.05) is 0 Å². The van der Waals surface area contributed by atoms with E-state index in [2.05, 4.69) is 5.32 Å². The van der Waals surface area contributed by atoms with Gasteiger partial charge < -0.3 is 20.4 Å². The molecule has 25 heavy (non-hydrogen) atoms. The van der Waals surface area contributed by atoms with Gasteiger partial charge in [0.25, 0.3) is 0 Å². The first kappa shape index (κ1) is 17.7. The monoisotopic (exact) mass is 384 g/mol. The van der Waals surface area contributed by atoms with Crippen molar-refractivity contribution in [2.45, 2.75) is 42.0 Å². The molecule has 8 nitrogen and oxygen atoms in total. The summed E-state index contributed by atoms with van der Waals surface area (Å²) in [5.41, 5.74) is 0.349. The summed E-state index contributed by atoms with van der Waals surface area (Å²) in [6.45, 7) is 3.46. The highest BCUT2D eigenvalue weighted by molar-refractivity contribution is 8.01. The number of carboxylic acids is 2. The van der Waals surface area contributed by atoms with Gasteiger partial charge in [-0.05, 0) is 36.2 Å². The zero-order valence-corrected chi connectivity index (χ0v) is 15.0. The fraction of sp³-hybridized carbons (Fsp3) is 0.467. The van der Waals surface area contributed by atoms with Gasteiger partial charge in [-0.15, -0.1) is 11.8 Å². The number of hydrogen-bond acceptors (Lipinski definition) is 6. The lowest BCUT2D eigenvalue weighted by atomic mass is 9.95. The Hall–Kier alpha value is -2.07. The van der Waals surface area contributed by atoms with E-state index in [1.807, 2.05) is 0 Å². The molecule has 0 bridgehead atoms. The van der Waals surface area contributed by atoms with Crippen molar-refractivity contribution >= 4 is 46.9 Å². The van der Waals surface area contributed by atoms with Gasteiger partial charge in [0.2, 0.25) is 11.8 Å². The molecule has 0 radical (unpaired) electrons. The zero-order valence-electron chi connectivity index (χ0n) is 13.3. The van der Waals surface area contributed by atoms with Crippen LogP contribution in [0, 0.1) is 0 Å². The molecule has 3 N–H and O–H groups in total. The van der Waals surface area contributed by atoms with Crippen molar-refractivity contribution < 1.29 is 29.4 Å². The Morgan fingerprint density at radius 1 is 1.32 bits per heavy atom. The normalized spacial score (nSPS) is 28.0. The van der Waals surface area contributed by atoms with Crippen molar-refractivity contribution in [1.82, 2.24) is 10.2 Å². The number of β-lactam (4-membered cyclic amide) rings is 1. The van der Waals surface area contributed by atoms with E-state index in [9.17, 15) is 29.4 Å². The molecule has 0 aromatic carbocycles. The lowest BCUT2D eigenvalue weighted by Gasteiger charge is -2.43. The van der Waals surface area contributed by atoms with Crippen LogP contribution >= 0.6 is 23.1 Å². The van der Waals surface area contributed by atoms with Gasteiger partial charge in [-0.3, -0.25) is 14.4 Å². The van der Waals surface area contributed by atoms with Crippen LogP contribution in [0.25, 0.3) is 0 Å². The second-order valence-corrected chi connectivity index (χ2v) is 8.96. The van der Waals surface area contributed by atoms with Gasteiger partial charge in [0.15, 0.2) is 5.92 Å². The third-order valence-electron chi connectivity index (χ3n) is 4.36. The number of carbonyl (C=O) groups excluding carboxylic acids is 2. The van der Waals surface area contributed by atoms with Crippen LogP contribution in [0.3, 0.4) is 0 Å². The lowest BCUT2D eigenvalue weighted by molar-refractivity contribution is -0.161. The number of amides is 2. The molecule has 3 rings (SSSR count). The highest BCUT2D eigenvalue weighted by Crippen LogP contribution is 2.50. The summed E-state index contributed by atoms with van der Waals surface area (Å²) in [5, 5.41) is 23.9. The first-order valence-corrected chi connectivity index (χ1v) is 9.25. The molecule has 4 atom stereocenters. The lowest BCUT2D eigenvalue weighted by Crippen LogP contribution is -2.71. The third kappa shape index (κ3) is 2.78. The number of thiophene rings is 1. The molecule has 2 saturated heterocycles. The van der Waals surface area contributed by atoms with Crippen LogP contribution in [0.2, 0.25) is 0 Å². The number of carbonyl (C=O) groups is 4. The molecule has 2 aliphatic heterocycles. The summed E-state index contributed by atoms with van der Waals surface area (Å²) < 4.78 is -0.703. The Bertz CT molecular complexity index is 747. The van der Waals surface area contributed by atoms with Crippen LogP contribution in [0.4, 0.5) is 0 Å². The summed E-state index contributed by atoms with van der Waals surface area (Å²) >= 11 is 2.56. The molecular weight excluding hydrogens is 368 g/mol. The maximum Gasteiger partial charge on any atom is 0.327 e. The van der Waals surface area contributed by atoms with Crippen molar-refractivity contribution in [3.63, 3.8) is 0 Å². The first-order chi connectivity index (χ1) is 11.6. The van der Waals surface area contributed by atoms with Crippen LogP contribution in [-0.2, 0) is 19.2 Å². The Balaban J connectivity index is 1.77. The number of nitrogens with zero attached hydrogens (tertiary/aromatic N) is 1. The van der Waals surface area contributed by atoms with Gasteiger partial charge in [0, 0.05) is 4.75 Å². The largest absolute Gasteiger partial charge is 0.480 e. The molecule has 3 heterocycles. The minimum atomic E-state index is -1.40. The van der Waals surface area contributed by atoms with Gasteiger partial charge in [0.1, 0.15) is 17.5 Å². The molecule has 0 unspecified atom stereocenters. The third-order valence-corrected chi connectivity index (χ3v) is 6.63. The number of fused-ring (bicyclic) bond motifs is 1. The van der Waals surface area contributed by atoms with Gasteiger partial charge in [-0.1, -0.05) is 0 Å². The van der Waals surface area contributed by atoms with Crippen LogP contribution in [-0.4, -0.2) is 61.1 Å². The smallest absolute Gasteiger partial charge is 0.327 e. The number of carboxylic acid groups (broad SMARTS) is 2. The van der Waals surface area contributed by atoms with Gasteiger partial charge >= 0.3 is 11.9 Å². The fourth-order valence-electron chi connectivity index (χ4n) is 3.23. The SMILES string of the molecule is CC1(C)S[C@@H]2[C@H](NC(=O)[C@@H](C(=O)O)c3ccsc3)C(=O)N2[C@@H]1C(=O)O. The maximum atomic E-state index is 12.4. The molecular formula is C15H16N2O6S2. The summed E-state index contributed by atoms with van der Waals surface area (Å²) in [5.74, 6) is -5.08. The summed E-state index contributed by atoms with van der Waals surface area (Å²) in [6, 6.07) is -0.344. The second kappa shape index (κ2) is 6.03. The van der Waals surface area contributed by atoms with E-state index in [1.165, 1.54) is 28.0 Å². The molecule has 1 aromatic heterocycles. The summed E-state index contributed by atoms with van der Waals surface area (Å²) in [6.07, 6.45) is 0. The van der Waals surface area contributed by atoms with Crippen molar-refractivity contribution in [2.24, 2.45) is 0 Å². The van der Waals surface area contributed by atoms with Gasteiger partial charge in [-0.25, -0.2) is 4.79 Å². The van der Waals surface area contributed by atoms with Crippen LogP contribution in [0.5, 0.6) is 0 Å². The molecule has 0 spiro atoms. The van der Waals surface area contributed by atoms with E-state index in [4.69, 9.17) is 0 Å².